The van der Waals surface area contributed by atoms with Crippen LogP contribution in [0.3, 0.4) is 0 Å². The minimum absolute atomic E-state index is 0.399. The van der Waals surface area contributed by atoms with Crippen molar-refractivity contribution in [1.82, 2.24) is 4.57 Å². The van der Waals surface area contributed by atoms with Crippen molar-refractivity contribution in [3.05, 3.63) is 109 Å². The van der Waals surface area contributed by atoms with E-state index in [1.807, 2.05) is 0 Å². The highest BCUT2D eigenvalue weighted by Crippen LogP contribution is 2.44. The number of para-hydroxylation sites is 1. The van der Waals surface area contributed by atoms with Gasteiger partial charge < -0.3 is 13.9 Å². The van der Waals surface area contributed by atoms with Crippen LogP contribution in [-0.4, -0.2) is 22.9 Å². The Labute approximate surface area is 234 Å². The van der Waals surface area contributed by atoms with E-state index in [1.54, 1.807) is 0 Å². The van der Waals surface area contributed by atoms with Crippen molar-refractivity contribution in [3.63, 3.8) is 0 Å². The van der Waals surface area contributed by atoms with E-state index in [2.05, 4.69) is 141 Å². The molecule has 6 aromatic carbocycles. The maximum Gasteiger partial charge on any atom is 0.494 e. The third-order valence-corrected chi connectivity index (χ3v) is 9.18. The van der Waals surface area contributed by atoms with E-state index in [9.17, 15) is 0 Å². The molecule has 1 aliphatic heterocycles. The molecule has 0 spiro atoms. The summed E-state index contributed by atoms with van der Waals surface area (Å²) in [5.41, 5.74) is 3.76. The Morgan fingerprint density at radius 1 is 0.550 bits per heavy atom. The maximum atomic E-state index is 6.49. The zero-order valence-corrected chi connectivity index (χ0v) is 23.2. The zero-order valence-electron chi connectivity index (χ0n) is 23.2. The highest BCUT2D eigenvalue weighted by atomic mass is 16.7. The second-order valence-electron chi connectivity index (χ2n) is 12.0. The van der Waals surface area contributed by atoms with E-state index in [0.29, 0.717) is 0 Å². The van der Waals surface area contributed by atoms with Gasteiger partial charge in [0.15, 0.2) is 0 Å². The molecular formula is C36H30BNO2. The van der Waals surface area contributed by atoms with Crippen molar-refractivity contribution in [2.75, 3.05) is 0 Å². The molecule has 0 N–H and O–H groups in total. The van der Waals surface area contributed by atoms with Crippen LogP contribution in [0.5, 0.6) is 0 Å². The molecule has 0 unspecified atom stereocenters. The first-order valence-electron chi connectivity index (χ1n) is 14.1. The van der Waals surface area contributed by atoms with Crippen LogP contribution in [0.15, 0.2) is 109 Å². The molecule has 0 radical (unpaired) electrons. The third-order valence-electron chi connectivity index (χ3n) is 9.18. The van der Waals surface area contributed by atoms with Gasteiger partial charge >= 0.3 is 7.12 Å². The van der Waals surface area contributed by atoms with Gasteiger partial charge in [0, 0.05) is 21.8 Å². The Kier molecular flexibility index (Phi) is 4.87. The number of hydrogen-bond acceptors (Lipinski definition) is 2. The minimum Gasteiger partial charge on any atom is -0.399 e. The van der Waals surface area contributed by atoms with Gasteiger partial charge in [0.1, 0.15) is 0 Å². The summed E-state index contributed by atoms with van der Waals surface area (Å²) < 4.78 is 15.4. The molecule has 194 valence electrons. The van der Waals surface area contributed by atoms with Gasteiger partial charge in [-0.15, -0.1) is 0 Å². The van der Waals surface area contributed by atoms with E-state index in [0.717, 1.165) is 16.7 Å². The second-order valence-corrected chi connectivity index (χ2v) is 12.0. The highest BCUT2D eigenvalue weighted by Gasteiger charge is 2.51. The summed E-state index contributed by atoms with van der Waals surface area (Å²) in [5.74, 6) is 0. The Morgan fingerprint density at radius 3 is 1.88 bits per heavy atom. The molecule has 0 aliphatic carbocycles. The number of hydrogen-bond donors (Lipinski definition) is 0. The van der Waals surface area contributed by atoms with Crippen molar-refractivity contribution in [1.29, 1.82) is 0 Å². The van der Waals surface area contributed by atoms with Crippen LogP contribution in [0.2, 0.25) is 0 Å². The van der Waals surface area contributed by atoms with Gasteiger partial charge in [0.2, 0.25) is 0 Å². The molecule has 8 rings (SSSR count). The molecule has 0 bridgehead atoms. The van der Waals surface area contributed by atoms with Gasteiger partial charge in [-0.05, 0) is 78.3 Å². The number of nitrogens with zero attached hydrogens (tertiary/aromatic N) is 1. The van der Waals surface area contributed by atoms with Crippen LogP contribution in [0.4, 0.5) is 0 Å². The standard InChI is InChI=1S/C36H30BNO2/c1-35(2)36(3,4)40-37(39-35)24-19-21-30-31(22-24)38(25-13-6-5-7-14-25)34-32-26-15-9-8-12-23(26)18-20-29(32)27-16-10-11-17-28(27)33(30)34/h5-22H,1-4H3. The summed E-state index contributed by atoms with van der Waals surface area (Å²) in [5, 5.41) is 10.1. The molecule has 0 saturated carbocycles. The summed E-state index contributed by atoms with van der Waals surface area (Å²) in [6, 6.07) is 39.5. The molecule has 1 aromatic heterocycles. The largest absolute Gasteiger partial charge is 0.494 e. The summed E-state index contributed by atoms with van der Waals surface area (Å²) in [7, 11) is -0.425. The molecule has 0 amide bonds. The summed E-state index contributed by atoms with van der Waals surface area (Å²) >= 11 is 0. The van der Waals surface area contributed by atoms with Crippen molar-refractivity contribution in [2.45, 2.75) is 38.9 Å². The number of fused-ring (bicyclic) bond motifs is 10. The summed E-state index contributed by atoms with van der Waals surface area (Å²) in [6.45, 7) is 8.43. The molecular weight excluding hydrogens is 489 g/mol. The lowest BCUT2D eigenvalue weighted by atomic mass is 9.78. The van der Waals surface area contributed by atoms with Gasteiger partial charge in [-0.1, -0.05) is 91.0 Å². The van der Waals surface area contributed by atoms with Crippen LogP contribution in [0.25, 0.3) is 59.8 Å². The molecule has 2 heterocycles. The predicted molar refractivity (Wildman–Crippen MR) is 169 cm³/mol. The normalized spacial score (nSPS) is 16.6. The van der Waals surface area contributed by atoms with Gasteiger partial charge in [-0.3, -0.25) is 0 Å². The summed E-state index contributed by atoms with van der Waals surface area (Å²) in [4.78, 5) is 0. The first-order chi connectivity index (χ1) is 19.3. The van der Waals surface area contributed by atoms with Gasteiger partial charge in [0.25, 0.3) is 0 Å². The van der Waals surface area contributed by atoms with Crippen LogP contribution < -0.4 is 5.46 Å². The fourth-order valence-corrected chi connectivity index (χ4v) is 6.47. The number of aromatic nitrogens is 1. The van der Waals surface area contributed by atoms with Gasteiger partial charge in [-0.2, -0.15) is 0 Å². The van der Waals surface area contributed by atoms with E-state index in [1.165, 1.54) is 48.6 Å². The van der Waals surface area contributed by atoms with Crippen molar-refractivity contribution in [2.24, 2.45) is 0 Å². The predicted octanol–water partition coefficient (Wildman–Crippen LogP) is 8.54. The van der Waals surface area contributed by atoms with E-state index in [4.69, 9.17) is 9.31 Å². The minimum atomic E-state index is -0.425. The van der Waals surface area contributed by atoms with E-state index >= 15 is 0 Å². The van der Waals surface area contributed by atoms with Gasteiger partial charge in [-0.25, -0.2) is 0 Å². The van der Waals surface area contributed by atoms with Crippen LogP contribution in [-0.2, 0) is 9.31 Å². The average Bonchev–Trinajstić information content (AvgIpc) is 3.42. The number of rotatable bonds is 2. The molecule has 1 saturated heterocycles. The Morgan fingerprint density at radius 2 is 1.12 bits per heavy atom. The van der Waals surface area contributed by atoms with Crippen LogP contribution in [0.1, 0.15) is 27.7 Å². The lowest BCUT2D eigenvalue weighted by Crippen LogP contribution is -2.41. The fourth-order valence-electron chi connectivity index (χ4n) is 6.47. The highest BCUT2D eigenvalue weighted by molar-refractivity contribution is 6.62. The second kappa shape index (κ2) is 8.20. The third kappa shape index (κ3) is 3.21. The molecule has 0 atom stereocenters. The first-order valence-corrected chi connectivity index (χ1v) is 14.1. The van der Waals surface area contributed by atoms with Crippen molar-refractivity contribution >= 4 is 66.7 Å². The van der Waals surface area contributed by atoms with E-state index in [-0.39, 0.29) is 0 Å². The molecule has 3 nitrogen and oxygen atoms in total. The Balaban J connectivity index is 1.58. The zero-order chi connectivity index (χ0) is 27.2. The number of benzene rings is 6. The van der Waals surface area contributed by atoms with E-state index < -0.39 is 18.3 Å². The lowest BCUT2D eigenvalue weighted by molar-refractivity contribution is 0.00578. The Hall–Kier alpha value is -4.12. The van der Waals surface area contributed by atoms with Crippen molar-refractivity contribution < 1.29 is 9.31 Å². The summed E-state index contributed by atoms with van der Waals surface area (Å²) in [6.07, 6.45) is 0. The lowest BCUT2D eigenvalue weighted by Gasteiger charge is -2.32. The van der Waals surface area contributed by atoms with Gasteiger partial charge in [0.05, 0.1) is 22.2 Å². The topological polar surface area (TPSA) is 23.4 Å². The average molecular weight is 519 g/mol. The van der Waals surface area contributed by atoms with Crippen LogP contribution in [0, 0.1) is 0 Å². The SMILES string of the molecule is CC1(C)OB(c2ccc3c4c5ccccc5c5ccc6ccccc6c5c4n(-c4ccccc4)c3c2)OC1(C)C. The molecule has 1 aliphatic rings. The molecule has 40 heavy (non-hydrogen) atoms. The maximum absolute atomic E-state index is 6.49. The first kappa shape index (κ1) is 23.7. The monoisotopic (exact) mass is 519 g/mol. The molecule has 1 fully saturated rings. The quantitative estimate of drug-likeness (QED) is 0.169. The van der Waals surface area contributed by atoms with Crippen LogP contribution >= 0.6 is 0 Å². The van der Waals surface area contributed by atoms with Crippen molar-refractivity contribution in [3.8, 4) is 5.69 Å². The fraction of sp³-hybridized carbons (Fsp3) is 0.167. The molecule has 4 heteroatoms. The Bertz CT molecular complexity index is 2110. The smallest absolute Gasteiger partial charge is 0.399 e. The molecule has 7 aromatic rings.